The molecule has 0 saturated carbocycles. The molecule has 1 spiro atoms. The number of allylic oxidation sites excluding steroid dienone is 3. The summed E-state index contributed by atoms with van der Waals surface area (Å²) in [6, 6.07) is 0. The zero-order valence-corrected chi connectivity index (χ0v) is 15.5. The highest BCUT2D eigenvalue weighted by Gasteiger charge is 2.55. The summed E-state index contributed by atoms with van der Waals surface area (Å²) in [6.45, 7) is 6.47. The molecule has 0 bridgehead atoms. The molecule has 1 unspecified atom stereocenters. The van der Waals surface area contributed by atoms with E-state index in [1.165, 1.54) is 30.4 Å². The van der Waals surface area contributed by atoms with E-state index in [2.05, 4.69) is 20.8 Å². The topological polar surface area (TPSA) is 52.6 Å². The molecule has 128 valence electrons. The quantitative estimate of drug-likeness (QED) is 0.390. The minimum atomic E-state index is -2.97. The fraction of sp³-hybridized carbons (Fsp3) is 0.667. The lowest BCUT2D eigenvalue weighted by Gasteiger charge is -2.40. The van der Waals surface area contributed by atoms with Crippen molar-refractivity contribution >= 4 is 20.5 Å². The predicted molar refractivity (Wildman–Crippen MR) is 91.8 cm³/mol. The first-order chi connectivity index (χ1) is 11.1. The Labute approximate surface area is 140 Å². The molecule has 0 N–H and O–H groups in total. The highest BCUT2D eigenvalue weighted by Crippen LogP contribution is 2.45. The normalized spacial score (nSPS) is 23.2. The van der Waals surface area contributed by atoms with Gasteiger partial charge in [0.15, 0.2) is 0 Å². The van der Waals surface area contributed by atoms with Gasteiger partial charge in [-0.1, -0.05) is 58.1 Å². The van der Waals surface area contributed by atoms with E-state index in [1.54, 1.807) is 0 Å². The second-order valence-corrected chi connectivity index (χ2v) is 9.22. The Balaban J connectivity index is 2.28. The van der Waals surface area contributed by atoms with E-state index in [1.807, 2.05) is 11.8 Å². The minimum Gasteiger partial charge on any atom is -0.481 e. The second-order valence-electron chi connectivity index (χ2n) is 6.34. The van der Waals surface area contributed by atoms with Gasteiger partial charge in [-0.05, 0) is 30.5 Å². The maximum Gasteiger partial charge on any atom is 0.499 e. The van der Waals surface area contributed by atoms with E-state index in [9.17, 15) is 9.59 Å². The smallest absolute Gasteiger partial charge is 0.481 e. The van der Waals surface area contributed by atoms with E-state index in [-0.39, 0.29) is 12.0 Å². The van der Waals surface area contributed by atoms with E-state index < -0.39 is 20.5 Å². The van der Waals surface area contributed by atoms with Crippen LogP contribution in [0.5, 0.6) is 0 Å². The SMILES string of the molecule is CCCCCCC1C(CC)=C(CC)C=C[Si]12OC(=O)CC(=O)O2. The average Bonchev–Trinajstić information content (AvgIpc) is 2.51. The van der Waals surface area contributed by atoms with Crippen molar-refractivity contribution in [2.75, 3.05) is 0 Å². The van der Waals surface area contributed by atoms with Gasteiger partial charge in [0.05, 0.1) is 5.54 Å². The van der Waals surface area contributed by atoms with Gasteiger partial charge in [-0.3, -0.25) is 9.59 Å². The van der Waals surface area contributed by atoms with Crippen LogP contribution in [0.4, 0.5) is 0 Å². The third-order valence-corrected chi connectivity index (χ3v) is 8.11. The first-order valence-electron chi connectivity index (χ1n) is 8.91. The summed E-state index contributed by atoms with van der Waals surface area (Å²) in [5, 5.41) is 0. The van der Waals surface area contributed by atoms with Crippen molar-refractivity contribution in [3.63, 3.8) is 0 Å². The number of hydrogen-bond acceptors (Lipinski definition) is 4. The van der Waals surface area contributed by atoms with Crippen molar-refractivity contribution in [1.29, 1.82) is 0 Å². The van der Waals surface area contributed by atoms with Crippen molar-refractivity contribution in [1.82, 2.24) is 0 Å². The van der Waals surface area contributed by atoms with Crippen LogP contribution in [-0.2, 0) is 18.4 Å². The minimum absolute atomic E-state index is 0.0810. The number of carbonyl (C=O) groups excluding carboxylic acids is 2. The monoisotopic (exact) mass is 336 g/mol. The van der Waals surface area contributed by atoms with E-state index in [4.69, 9.17) is 8.85 Å². The Morgan fingerprint density at radius 3 is 2.30 bits per heavy atom. The first-order valence-corrected chi connectivity index (χ1v) is 10.9. The molecule has 0 aromatic rings. The second kappa shape index (κ2) is 7.95. The Hall–Kier alpha value is -1.36. The van der Waals surface area contributed by atoms with Crippen molar-refractivity contribution in [2.24, 2.45) is 0 Å². The summed E-state index contributed by atoms with van der Waals surface area (Å²) >= 11 is 0. The first kappa shape index (κ1) is 18.0. The summed E-state index contributed by atoms with van der Waals surface area (Å²) < 4.78 is 11.4. The van der Waals surface area contributed by atoms with Crippen LogP contribution in [0.3, 0.4) is 0 Å². The zero-order chi connectivity index (χ0) is 16.9. The zero-order valence-electron chi connectivity index (χ0n) is 14.5. The Bertz CT molecular complexity index is 505. The standard InChI is InChI=1S/C18H28O4Si/c1-4-7-8-9-10-16-15(6-3)14(5-2)11-12-23(16)21-17(19)13-18(20)22-23/h11-12,16H,4-10,13H2,1-3H3. The van der Waals surface area contributed by atoms with Gasteiger partial charge in [0.1, 0.15) is 6.42 Å². The van der Waals surface area contributed by atoms with E-state index in [0.29, 0.717) is 0 Å². The van der Waals surface area contributed by atoms with Crippen LogP contribution < -0.4 is 0 Å². The van der Waals surface area contributed by atoms with Crippen LogP contribution in [0.25, 0.3) is 0 Å². The van der Waals surface area contributed by atoms with Crippen molar-refractivity contribution in [3.8, 4) is 0 Å². The van der Waals surface area contributed by atoms with Crippen LogP contribution in [0.15, 0.2) is 22.9 Å². The van der Waals surface area contributed by atoms with Gasteiger partial charge in [-0.2, -0.15) is 0 Å². The molecule has 1 fully saturated rings. The predicted octanol–water partition coefficient (Wildman–Crippen LogP) is 4.48. The molecule has 0 aromatic carbocycles. The fourth-order valence-corrected chi connectivity index (χ4v) is 7.12. The molecule has 2 aliphatic heterocycles. The highest BCUT2D eigenvalue weighted by atomic mass is 28.4. The van der Waals surface area contributed by atoms with Crippen LogP contribution in [0, 0.1) is 0 Å². The molecule has 0 aliphatic carbocycles. The Kier molecular flexibility index (Phi) is 6.22. The third-order valence-electron chi connectivity index (χ3n) is 4.78. The van der Waals surface area contributed by atoms with Gasteiger partial charge in [-0.25, -0.2) is 0 Å². The largest absolute Gasteiger partial charge is 0.499 e. The lowest BCUT2D eigenvalue weighted by Crippen LogP contribution is -2.54. The Morgan fingerprint density at radius 2 is 1.74 bits per heavy atom. The summed E-state index contributed by atoms with van der Waals surface area (Å²) in [5.74, 6) is -0.849. The molecule has 5 heteroatoms. The van der Waals surface area contributed by atoms with E-state index in [0.717, 1.165) is 25.7 Å². The average molecular weight is 337 g/mol. The molecule has 2 heterocycles. The third kappa shape index (κ3) is 3.94. The van der Waals surface area contributed by atoms with Gasteiger partial charge >= 0.3 is 20.5 Å². The van der Waals surface area contributed by atoms with Gasteiger partial charge in [0, 0.05) is 0 Å². The van der Waals surface area contributed by atoms with Crippen LogP contribution in [-0.4, -0.2) is 20.5 Å². The molecule has 2 rings (SSSR count). The molecule has 0 radical (unpaired) electrons. The lowest BCUT2D eigenvalue weighted by molar-refractivity contribution is -0.153. The summed E-state index contributed by atoms with van der Waals surface area (Å²) in [5.41, 5.74) is 4.63. The maximum atomic E-state index is 11.9. The molecular formula is C18H28O4Si. The van der Waals surface area contributed by atoms with Crippen LogP contribution in [0.1, 0.15) is 72.1 Å². The number of unbranched alkanes of at least 4 members (excludes halogenated alkanes) is 3. The van der Waals surface area contributed by atoms with Crippen molar-refractivity contribution in [3.05, 3.63) is 22.9 Å². The number of carbonyl (C=O) groups is 2. The molecule has 1 atom stereocenters. The molecule has 0 aromatic heterocycles. The van der Waals surface area contributed by atoms with Gasteiger partial charge < -0.3 is 8.85 Å². The molecular weight excluding hydrogens is 308 g/mol. The fourth-order valence-electron chi connectivity index (χ4n) is 3.65. The molecule has 23 heavy (non-hydrogen) atoms. The summed E-state index contributed by atoms with van der Waals surface area (Å²) in [6.07, 6.45) is 9.22. The number of rotatable bonds is 7. The van der Waals surface area contributed by atoms with Gasteiger partial charge in [0.2, 0.25) is 0 Å². The molecule has 1 saturated heterocycles. The lowest BCUT2D eigenvalue weighted by atomic mass is 9.96. The van der Waals surface area contributed by atoms with Gasteiger partial charge in [0.25, 0.3) is 0 Å². The molecule has 4 nitrogen and oxygen atoms in total. The van der Waals surface area contributed by atoms with Crippen LogP contribution in [0.2, 0.25) is 5.54 Å². The maximum absolute atomic E-state index is 11.9. The number of hydrogen-bond donors (Lipinski definition) is 0. The summed E-state index contributed by atoms with van der Waals surface area (Å²) in [4.78, 5) is 23.8. The van der Waals surface area contributed by atoms with E-state index >= 15 is 0 Å². The summed E-state index contributed by atoms with van der Waals surface area (Å²) in [7, 11) is -2.97. The van der Waals surface area contributed by atoms with Crippen molar-refractivity contribution in [2.45, 2.75) is 77.7 Å². The Morgan fingerprint density at radius 1 is 1.04 bits per heavy atom. The van der Waals surface area contributed by atoms with Crippen molar-refractivity contribution < 1.29 is 18.4 Å². The van der Waals surface area contributed by atoms with Gasteiger partial charge in [-0.15, -0.1) is 0 Å². The molecule has 0 amide bonds. The van der Waals surface area contributed by atoms with Crippen LogP contribution >= 0.6 is 0 Å². The highest BCUT2D eigenvalue weighted by molar-refractivity contribution is 6.78. The molecule has 2 aliphatic rings.